The van der Waals surface area contributed by atoms with Crippen LogP contribution >= 0.6 is 0 Å². The smallest absolute Gasteiger partial charge is 0.225 e. The highest BCUT2D eigenvalue weighted by atomic mass is 16.6. The van der Waals surface area contributed by atoms with Crippen molar-refractivity contribution in [2.45, 2.75) is 181 Å². The third-order valence-corrected chi connectivity index (χ3v) is 10.7. The molecule has 0 bridgehead atoms. The van der Waals surface area contributed by atoms with Crippen LogP contribution in [0.3, 0.4) is 0 Å². The zero-order valence-corrected chi connectivity index (χ0v) is 38.7. The first-order valence-corrected chi connectivity index (χ1v) is 23.1. The Balaban J connectivity index is 5.13. The minimum Gasteiger partial charge on any atom is -0.378 e. The summed E-state index contributed by atoms with van der Waals surface area (Å²) < 4.78 is 30.3. The number of hydrogen-bond acceptors (Lipinski definition) is 14. The molecule has 1 fully saturated rings. The highest BCUT2D eigenvalue weighted by molar-refractivity contribution is 6.29. The SMILES string of the molecule is CCCC(=O)C1OCCOCCOCCNCCOCCOC(C(=O)CCC)(C(=O)CCC)C(C(=O)CCC)(C(=O)CCC)N(C(=O)CCC)C1(C(=O)CCC)C(=O)CCC. The Morgan fingerprint density at radius 3 is 1.28 bits per heavy atom. The molecule has 0 spiro atoms. The second-order valence-corrected chi connectivity index (χ2v) is 15.6. The van der Waals surface area contributed by atoms with Crippen LogP contribution in [0.2, 0.25) is 0 Å². The maximum absolute atomic E-state index is 15.8. The molecule has 1 rings (SSSR count). The lowest BCUT2D eigenvalue weighted by Crippen LogP contribution is -2.87. The van der Waals surface area contributed by atoms with E-state index in [9.17, 15) is 4.79 Å². The quantitative estimate of drug-likeness (QED) is 0.127. The molecule has 15 heteroatoms. The fourth-order valence-corrected chi connectivity index (χ4v) is 8.17. The summed E-state index contributed by atoms with van der Waals surface area (Å²) in [4.78, 5) is 125. The van der Waals surface area contributed by atoms with Crippen molar-refractivity contribution in [3.63, 3.8) is 0 Å². The van der Waals surface area contributed by atoms with Gasteiger partial charge < -0.3 is 29.0 Å². The van der Waals surface area contributed by atoms with Crippen LogP contribution in [0.25, 0.3) is 0 Å². The monoisotopic (exact) mass is 867 g/mol. The van der Waals surface area contributed by atoms with Crippen LogP contribution in [0, 0.1) is 0 Å². The number of amides is 1. The molecule has 1 atom stereocenters. The van der Waals surface area contributed by atoms with Crippen LogP contribution in [0.5, 0.6) is 0 Å². The predicted molar refractivity (Wildman–Crippen MR) is 230 cm³/mol. The highest BCUT2D eigenvalue weighted by Gasteiger charge is 2.77. The molecule has 1 aliphatic heterocycles. The van der Waals surface area contributed by atoms with Gasteiger partial charge in [-0.1, -0.05) is 55.4 Å². The molecule has 1 heterocycles. The van der Waals surface area contributed by atoms with Gasteiger partial charge in [0.1, 0.15) is 0 Å². The summed E-state index contributed by atoms with van der Waals surface area (Å²) in [5, 5.41) is 3.19. The summed E-state index contributed by atoms with van der Waals surface area (Å²) in [6.45, 7) is 14.1. The summed E-state index contributed by atoms with van der Waals surface area (Å²) in [5.41, 5.74) is -9.31. The number of Topliss-reactive ketones (excluding diaryl/α,β-unsaturated/α-hetero) is 7. The van der Waals surface area contributed by atoms with Crippen LogP contribution < -0.4 is 5.32 Å². The first kappa shape index (κ1) is 55.9. The molecule has 0 aliphatic carbocycles. The average Bonchev–Trinajstić information content (AvgIpc) is 3.21. The van der Waals surface area contributed by atoms with Crippen molar-refractivity contribution < 1.29 is 62.0 Å². The van der Waals surface area contributed by atoms with Gasteiger partial charge in [-0.25, -0.2) is 0 Å². The van der Waals surface area contributed by atoms with E-state index in [2.05, 4.69) is 5.32 Å². The second kappa shape index (κ2) is 30.1. The Labute approximate surface area is 364 Å². The summed E-state index contributed by atoms with van der Waals surface area (Å²) in [6, 6.07) is 0. The lowest BCUT2D eigenvalue weighted by Gasteiger charge is -2.58. The van der Waals surface area contributed by atoms with E-state index in [0.717, 1.165) is 0 Å². The molecule has 1 unspecified atom stereocenters. The average molecular weight is 867 g/mol. The van der Waals surface area contributed by atoms with Crippen molar-refractivity contribution in [1.82, 2.24) is 10.2 Å². The number of rotatable bonds is 23. The Hall–Kier alpha value is -3.08. The molecule has 0 radical (unpaired) electrons. The van der Waals surface area contributed by atoms with Gasteiger partial charge in [0.15, 0.2) is 52.1 Å². The van der Waals surface area contributed by atoms with Gasteiger partial charge in [0.2, 0.25) is 17.0 Å². The Morgan fingerprint density at radius 2 is 0.836 bits per heavy atom. The van der Waals surface area contributed by atoms with Crippen molar-refractivity contribution in [3.8, 4) is 0 Å². The first-order chi connectivity index (χ1) is 29.3. The minimum absolute atomic E-state index is 0.0838. The number of carbonyl (C=O) groups excluding carboxylic acids is 8. The second-order valence-electron chi connectivity index (χ2n) is 15.6. The van der Waals surface area contributed by atoms with Crippen LogP contribution in [0.15, 0.2) is 0 Å². The molecule has 15 nitrogen and oxygen atoms in total. The third-order valence-electron chi connectivity index (χ3n) is 10.7. The summed E-state index contributed by atoms with van der Waals surface area (Å²) in [5.74, 6) is -7.68. The number of nitrogens with zero attached hydrogens (tertiary/aromatic N) is 1. The van der Waals surface area contributed by atoms with Gasteiger partial charge in [0, 0.05) is 64.5 Å². The molecular formula is C46H78N2O13. The van der Waals surface area contributed by atoms with Crippen molar-refractivity contribution in [1.29, 1.82) is 0 Å². The normalized spacial score (nSPS) is 19.5. The molecule has 1 aliphatic rings. The van der Waals surface area contributed by atoms with E-state index >= 15 is 33.6 Å². The molecular weight excluding hydrogens is 789 g/mol. The Kier molecular flexibility index (Phi) is 27.6. The van der Waals surface area contributed by atoms with E-state index in [1.165, 1.54) is 0 Å². The van der Waals surface area contributed by atoms with E-state index < -0.39 is 95.0 Å². The number of carbonyl (C=O) groups is 8. The van der Waals surface area contributed by atoms with E-state index in [1.54, 1.807) is 55.4 Å². The summed E-state index contributed by atoms with van der Waals surface area (Å²) in [7, 11) is 0. The van der Waals surface area contributed by atoms with Crippen LogP contribution in [0.4, 0.5) is 0 Å². The Bertz CT molecular complexity index is 1360. The van der Waals surface area contributed by atoms with Crippen LogP contribution in [-0.2, 0) is 62.0 Å². The number of ether oxygens (including phenoxy) is 5. The molecule has 0 aromatic carbocycles. The largest absolute Gasteiger partial charge is 0.378 e. The molecule has 1 amide bonds. The van der Waals surface area contributed by atoms with Crippen LogP contribution in [0.1, 0.15) is 158 Å². The zero-order valence-electron chi connectivity index (χ0n) is 38.7. The summed E-state index contributed by atoms with van der Waals surface area (Å²) >= 11 is 0. The van der Waals surface area contributed by atoms with Gasteiger partial charge in [0.05, 0.1) is 52.9 Å². The van der Waals surface area contributed by atoms with E-state index in [1.807, 2.05) is 0 Å². The minimum atomic E-state index is -3.24. The number of nitrogens with one attached hydrogen (secondary N) is 1. The first-order valence-electron chi connectivity index (χ1n) is 23.1. The van der Waals surface area contributed by atoms with Gasteiger partial charge in [-0.2, -0.15) is 0 Å². The number of ketones is 7. The van der Waals surface area contributed by atoms with Gasteiger partial charge >= 0.3 is 0 Å². The van der Waals surface area contributed by atoms with E-state index in [0.29, 0.717) is 24.6 Å². The molecule has 0 saturated carbocycles. The fraction of sp³-hybridized carbons (Fsp3) is 0.826. The lowest BCUT2D eigenvalue weighted by atomic mass is 9.61. The maximum atomic E-state index is 15.8. The molecule has 61 heavy (non-hydrogen) atoms. The van der Waals surface area contributed by atoms with Crippen LogP contribution in [-0.4, -0.2) is 140 Å². The van der Waals surface area contributed by atoms with Gasteiger partial charge in [0.25, 0.3) is 0 Å². The molecule has 0 aromatic rings. The third kappa shape index (κ3) is 13.7. The van der Waals surface area contributed by atoms with E-state index in [-0.39, 0.29) is 123 Å². The van der Waals surface area contributed by atoms with Gasteiger partial charge in [-0.15, -0.1) is 0 Å². The Morgan fingerprint density at radius 1 is 0.459 bits per heavy atom. The highest BCUT2D eigenvalue weighted by Crippen LogP contribution is 2.47. The van der Waals surface area contributed by atoms with Gasteiger partial charge in [-0.05, 0) is 51.4 Å². The van der Waals surface area contributed by atoms with E-state index in [4.69, 9.17) is 23.7 Å². The maximum Gasteiger partial charge on any atom is 0.225 e. The lowest BCUT2D eigenvalue weighted by molar-refractivity contribution is -0.211. The zero-order chi connectivity index (χ0) is 45.9. The fourth-order valence-electron chi connectivity index (χ4n) is 8.17. The van der Waals surface area contributed by atoms with Crippen molar-refractivity contribution in [3.05, 3.63) is 0 Å². The topological polar surface area (TPSA) is 198 Å². The molecule has 0 aromatic heterocycles. The number of hydrogen-bond donors (Lipinski definition) is 1. The standard InChI is InChI=1S/C46H78N2O13/c1-9-17-35(49)43-44(36(50)18-10-2,37(51)19-11-3)48(42(56)24-16-8)45(38(52)20-12-4,39(53)21-13-5)46(40(54)22-14-6,41(55)23-15-7)61-34-32-58-28-26-47-25-27-57-29-30-59-31-33-60-43/h43,47H,9-34H2,1-8H3. The molecule has 1 N–H and O–H groups in total. The molecule has 1 saturated heterocycles. The van der Waals surface area contributed by atoms with Crippen molar-refractivity contribution >= 4 is 46.4 Å². The summed E-state index contributed by atoms with van der Waals surface area (Å²) in [6.07, 6.45) is -4.10. The molecule has 350 valence electrons. The predicted octanol–water partition coefficient (Wildman–Crippen LogP) is 5.47. The van der Waals surface area contributed by atoms with Crippen molar-refractivity contribution in [2.75, 3.05) is 65.9 Å². The van der Waals surface area contributed by atoms with Gasteiger partial charge in [-0.3, -0.25) is 43.3 Å². The van der Waals surface area contributed by atoms with Crippen molar-refractivity contribution in [2.24, 2.45) is 0 Å².